The maximum atomic E-state index is 12.4. The van der Waals surface area contributed by atoms with Gasteiger partial charge in [0.25, 0.3) is 0 Å². The number of Topliss-reactive ketones (excluding diaryl/α,β-unsaturated/α-hetero) is 1. The molecule has 1 fully saturated rings. The molecular formula is C23H28N2O10S. The Balaban J connectivity index is 2.26. The first-order valence-corrected chi connectivity index (χ1v) is 11.3. The molecule has 0 bridgehead atoms. The van der Waals surface area contributed by atoms with Gasteiger partial charge in [0.1, 0.15) is 12.7 Å². The van der Waals surface area contributed by atoms with Crippen LogP contribution in [0.5, 0.6) is 0 Å². The van der Waals surface area contributed by atoms with Crippen molar-refractivity contribution in [2.45, 2.75) is 58.3 Å². The van der Waals surface area contributed by atoms with Crippen LogP contribution in [0.25, 0.3) is 0 Å². The van der Waals surface area contributed by atoms with E-state index in [-0.39, 0.29) is 24.0 Å². The van der Waals surface area contributed by atoms with Crippen LogP contribution in [-0.2, 0) is 42.9 Å². The van der Waals surface area contributed by atoms with Crippen LogP contribution < -0.4 is 10.6 Å². The van der Waals surface area contributed by atoms with Crippen molar-refractivity contribution in [3.63, 3.8) is 0 Å². The number of benzene rings is 1. The molecule has 36 heavy (non-hydrogen) atoms. The zero-order valence-corrected chi connectivity index (χ0v) is 21.0. The number of hydrogen-bond acceptors (Lipinski definition) is 11. The first-order valence-electron chi connectivity index (χ1n) is 10.9. The van der Waals surface area contributed by atoms with Gasteiger partial charge in [-0.1, -0.05) is 30.3 Å². The average Bonchev–Trinajstić information content (AvgIpc) is 2.79. The number of ether oxygens (including phenoxy) is 5. The summed E-state index contributed by atoms with van der Waals surface area (Å²) in [5, 5.41) is 5.47. The van der Waals surface area contributed by atoms with Crippen molar-refractivity contribution in [3.8, 4) is 0 Å². The van der Waals surface area contributed by atoms with Crippen molar-refractivity contribution < 1.29 is 47.7 Å². The monoisotopic (exact) mass is 524 g/mol. The lowest BCUT2D eigenvalue weighted by Gasteiger charge is -2.44. The molecule has 1 heterocycles. The number of hydrogen-bond donors (Lipinski definition) is 2. The normalized spacial score (nSPS) is 22.9. The number of nitrogens with one attached hydrogen (secondary N) is 2. The number of rotatable bonds is 9. The summed E-state index contributed by atoms with van der Waals surface area (Å²) in [6.45, 7) is 4.03. The van der Waals surface area contributed by atoms with Gasteiger partial charge in [0.2, 0.25) is 0 Å². The van der Waals surface area contributed by atoms with Crippen LogP contribution in [-0.4, -0.2) is 78.6 Å². The Morgan fingerprint density at radius 1 is 0.833 bits per heavy atom. The van der Waals surface area contributed by atoms with E-state index >= 15 is 0 Å². The Morgan fingerprint density at radius 3 is 1.94 bits per heavy atom. The smallest absolute Gasteiger partial charge is 0.303 e. The highest BCUT2D eigenvalue weighted by Gasteiger charge is 2.52. The van der Waals surface area contributed by atoms with Crippen LogP contribution in [0.2, 0.25) is 0 Å². The second-order valence-corrected chi connectivity index (χ2v) is 8.14. The minimum atomic E-state index is -1.34. The van der Waals surface area contributed by atoms with Gasteiger partial charge in [-0.05, 0) is 12.2 Å². The first-order chi connectivity index (χ1) is 17.0. The Kier molecular flexibility index (Phi) is 10.7. The van der Waals surface area contributed by atoms with Crippen molar-refractivity contribution >= 4 is 47.0 Å². The maximum absolute atomic E-state index is 12.4. The number of esters is 4. The molecule has 1 aliphatic rings. The summed E-state index contributed by atoms with van der Waals surface area (Å²) in [7, 11) is 0. The van der Waals surface area contributed by atoms with Crippen LogP contribution in [0.4, 0.5) is 0 Å². The Morgan fingerprint density at radius 2 is 1.39 bits per heavy atom. The minimum Gasteiger partial charge on any atom is -0.463 e. The summed E-state index contributed by atoms with van der Waals surface area (Å²) >= 11 is 5.27. The fourth-order valence-electron chi connectivity index (χ4n) is 3.41. The molecule has 0 unspecified atom stereocenters. The summed E-state index contributed by atoms with van der Waals surface area (Å²) in [4.78, 5) is 59.2. The standard InChI is InChI=1S/C23H28N2O10S/c1-12(26)31-11-18-19(32-13(2)27)20(33-14(3)28)21(34-15(4)29)22(35-18)25-23(36)24-10-17(30)16-8-6-5-7-9-16/h5-9,18-22H,10-11H2,1-4H3,(H2,24,25,36)/t18-,19-,20+,21+,22-/m1/s1. The van der Waals surface area contributed by atoms with Crippen LogP contribution in [0, 0.1) is 0 Å². The fourth-order valence-corrected chi connectivity index (χ4v) is 3.60. The van der Waals surface area contributed by atoms with Crippen molar-refractivity contribution in [1.82, 2.24) is 10.6 Å². The zero-order valence-electron chi connectivity index (χ0n) is 20.2. The van der Waals surface area contributed by atoms with Gasteiger partial charge in [-0.2, -0.15) is 0 Å². The molecule has 196 valence electrons. The Labute approximate surface area is 212 Å². The fraction of sp³-hybridized carbons (Fsp3) is 0.478. The molecule has 1 aromatic carbocycles. The number of carbonyl (C=O) groups is 5. The molecule has 12 nitrogen and oxygen atoms in total. The molecule has 1 aromatic rings. The van der Waals surface area contributed by atoms with Gasteiger partial charge in [-0.3, -0.25) is 24.0 Å². The minimum absolute atomic E-state index is 0.0415. The molecular weight excluding hydrogens is 496 g/mol. The summed E-state index contributed by atoms with van der Waals surface area (Å²) in [5.74, 6) is -3.10. The van der Waals surface area contributed by atoms with Crippen LogP contribution in [0.3, 0.4) is 0 Å². The van der Waals surface area contributed by atoms with E-state index in [2.05, 4.69) is 10.6 Å². The molecule has 13 heteroatoms. The van der Waals surface area contributed by atoms with Crippen molar-refractivity contribution in [2.24, 2.45) is 0 Å². The molecule has 1 aliphatic heterocycles. The molecule has 0 radical (unpaired) electrons. The third-order valence-corrected chi connectivity index (χ3v) is 5.03. The Bertz CT molecular complexity index is 986. The molecule has 0 amide bonds. The zero-order chi connectivity index (χ0) is 26.8. The predicted octanol–water partition coefficient (Wildman–Crippen LogP) is 0.417. The third kappa shape index (κ3) is 8.89. The van der Waals surface area contributed by atoms with E-state index in [0.717, 1.165) is 20.8 Å². The van der Waals surface area contributed by atoms with E-state index in [0.29, 0.717) is 5.56 Å². The van der Waals surface area contributed by atoms with Crippen molar-refractivity contribution in [1.29, 1.82) is 0 Å². The molecule has 2 rings (SSSR count). The maximum Gasteiger partial charge on any atom is 0.303 e. The first kappa shape index (κ1) is 28.7. The van der Waals surface area contributed by atoms with E-state index in [9.17, 15) is 24.0 Å². The molecule has 2 N–H and O–H groups in total. The molecule has 0 aliphatic carbocycles. The summed E-state index contributed by atoms with van der Waals surface area (Å²) in [5.41, 5.74) is 0.472. The summed E-state index contributed by atoms with van der Waals surface area (Å²) in [6, 6.07) is 8.53. The van der Waals surface area contributed by atoms with Gasteiger partial charge in [0.15, 0.2) is 35.4 Å². The third-order valence-electron chi connectivity index (χ3n) is 4.77. The summed E-state index contributed by atoms with van der Waals surface area (Å²) in [6.07, 6.45) is -6.31. The topological polar surface area (TPSA) is 156 Å². The van der Waals surface area contributed by atoms with Gasteiger partial charge in [0, 0.05) is 33.3 Å². The van der Waals surface area contributed by atoms with Gasteiger partial charge in [-0.15, -0.1) is 0 Å². The molecule has 0 saturated carbocycles. The van der Waals surface area contributed by atoms with E-state index in [1.807, 2.05) is 0 Å². The lowest BCUT2D eigenvalue weighted by Crippen LogP contribution is -2.66. The highest BCUT2D eigenvalue weighted by Crippen LogP contribution is 2.28. The number of carbonyl (C=O) groups excluding carboxylic acids is 5. The molecule has 1 saturated heterocycles. The second-order valence-electron chi connectivity index (χ2n) is 7.74. The van der Waals surface area contributed by atoms with Gasteiger partial charge >= 0.3 is 23.9 Å². The van der Waals surface area contributed by atoms with Gasteiger partial charge < -0.3 is 34.3 Å². The van der Waals surface area contributed by atoms with Gasteiger partial charge in [0.05, 0.1) is 6.54 Å². The van der Waals surface area contributed by atoms with E-state index in [1.165, 1.54) is 6.92 Å². The average molecular weight is 525 g/mol. The van der Waals surface area contributed by atoms with Crippen molar-refractivity contribution in [2.75, 3.05) is 13.2 Å². The van der Waals surface area contributed by atoms with E-state index in [4.69, 9.17) is 35.9 Å². The largest absolute Gasteiger partial charge is 0.463 e. The predicted molar refractivity (Wildman–Crippen MR) is 126 cm³/mol. The highest BCUT2D eigenvalue weighted by atomic mass is 32.1. The number of ketones is 1. The quantitative estimate of drug-likeness (QED) is 0.198. The van der Waals surface area contributed by atoms with Crippen molar-refractivity contribution in [3.05, 3.63) is 35.9 Å². The van der Waals surface area contributed by atoms with Crippen LogP contribution in [0.15, 0.2) is 30.3 Å². The van der Waals surface area contributed by atoms with E-state index < -0.39 is 54.5 Å². The van der Waals surface area contributed by atoms with Gasteiger partial charge in [-0.25, -0.2) is 0 Å². The molecule has 0 spiro atoms. The molecule has 0 aromatic heterocycles. The van der Waals surface area contributed by atoms with E-state index in [1.54, 1.807) is 30.3 Å². The lowest BCUT2D eigenvalue weighted by atomic mass is 9.97. The van der Waals surface area contributed by atoms with Crippen LogP contribution >= 0.6 is 12.2 Å². The lowest BCUT2D eigenvalue weighted by molar-refractivity contribution is -0.254. The molecule has 5 atom stereocenters. The highest BCUT2D eigenvalue weighted by molar-refractivity contribution is 7.80. The number of thiocarbonyl (C=S) groups is 1. The van der Waals surface area contributed by atoms with Crippen LogP contribution in [0.1, 0.15) is 38.1 Å². The second kappa shape index (κ2) is 13.5. The Hall–Kier alpha value is -3.58. The summed E-state index contributed by atoms with van der Waals surface area (Å²) < 4.78 is 26.9. The SMILES string of the molecule is CC(=O)OC[C@H]1O[C@@H](NC(=S)NCC(=O)c2ccccc2)[C@@H](OC(C)=O)[C@@H](OC(C)=O)[C@@H]1OC(C)=O.